The lowest BCUT2D eigenvalue weighted by Gasteiger charge is -2.13. The van der Waals surface area contributed by atoms with Gasteiger partial charge in [0.1, 0.15) is 5.69 Å². The molecule has 1 aliphatic carbocycles. The number of carbonyl (C=O) groups excluding carboxylic acids is 3. The van der Waals surface area contributed by atoms with Crippen molar-refractivity contribution in [1.29, 1.82) is 0 Å². The van der Waals surface area contributed by atoms with Crippen LogP contribution in [0.4, 0.5) is 5.69 Å². The maximum atomic E-state index is 13.0. The van der Waals surface area contributed by atoms with Gasteiger partial charge in [-0.3, -0.25) is 19.8 Å². The molecule has 2 aromatic carbocycles. The van der Waals surface area contributed by atoms with Gasteiger partial charge in [0.05, 0.1) is 5.52 Å². The summed E-state index contributed by atoms with van der Waals surface area (Å²) in [6, 6.07) is 11.6. The molecule has 0 unspecified atom stereocenters. The molecule has 30 heavy (non-hydrogen) atoms. The number of rotatable bonds is 4. The van der Waals surface area contributed by atoms with E-state index in [1.54, 1.807) is 42.5 Å². The summed E-state index contributed by atoms with van der Waals surface area (Å²) in [4.78, 5) is 37.4. The Morgan fingerprint density at radius 2 is 1.67 bits per heavy atom. The first kappa shape index (κ1) is 20.7. The number of halogens is 3. The first-order valence-electron chi connectivity index (χ1n) is 9.00. The lowest BCUT2D eigenvalue weighted by atomic mass is 10.2. The second-order valence-corrected chi connectivity index (χ2v) is 8.66. The van der Waals surface area contributed by atoms with Crippen molar-refractivity contribution in [3.63, 3.8) is 0 Å². The average molecular weight is 510 g/mol. The van der Waals surface area contributed by atoms with E-state index in [-0.39, 0.29) is 11.7 Å². The molecular formula is C20H15BrCl2N4O3. The van der Waals surface area contributed by atoms with Crippen molar-refractivity contribution < 1.29 is 14.4 Å². The van der Waals surface area contributed by atoms with Crippen molar-refractivity contribution in [3.05, 3.63) is 62.7 Å². The molecule has 3 amide bonds. The van der Waals surface area contributed by atoms with Gasteiger partial charge in [-0.15, -0.1) is 0 Å². The Hall–Kier alpha value is -2.55. The Labute approximate surface area is 189 Å². The molecule has 3 aromatic rings. The molecule has 4 rings (SSSR count). The van der Waals surface area contributed by atoms with Crippen LogP contribution in [-0.4, -0.2) is 28.4 Å². The Bertz CT molecular complexity index is 1170. The maximum Gasteiger partial charge on any atom is 0.328 e. The minimum atomic E-state index is -0.859. The molecule has 0 saturated heterocycles. The van der Waals surface area contributed by atoms with Gasteiger partial charge in [0, 0.05) is 31.6 Å². The van der Waals surface area contributed by atoms with E-state index in [1.807, 2.05) is 0 Å². The molecule has 1 fully saturated rings. The molecule has 0 aliphatic heterocycles. The summed E-state index contributed by atoms with van der Waals surface area (Å²) in [5.74, 6) is -2.12. The van der Waals surface area contributed by atoms with Gasteiger partial charge in [0.25, 0.3) is 5.91 Å². The van der Waals surface area contributed by atoms with Crippen LogP contribution in [0.3, 0.4) is 0 Å². The van der Waals surface area contributed by atoms with Gasteiger partial charge in [0.2, 0.25) is 0 Å². The van der Waals surface area contributed by atoms with Crippen molar-refractivity contribution >= 4 is 73.4 Å². The number of nitrogens with one attached hydrogen (secondary N) is 3. The zero-order valence-electron chi connectivity index (χ0n) is 15.3. The largest absolute Gasteiger partial charge is 0.345 e. The molecule has 1 aromatic heterocycles. The molecule has 1 heterocycles. The van der Waals surface area contributed by atoms with Crippen molar-refractivity contribution in [3.8, 4) is 0 Å². The quantitative estimate of drug-likeness (QED) is 0.457. The highest BCUT2D eigenvalue weighted by Crippen LogP contribution is 2.26. The smallest absolute Gasteiger partial charge is 0.328 e. The molecule has 3 N–H and O–H groups in total. The van der Waals surface area contributed by atoms with E-state index in [9.17, 15) is 14.4 Å². The Morgan fingerprint density at radius 1 is 0.967 bits per heavy atom. The lowest BCUT2D eigenvalue weighted by molar-refractivity contribution is -0.136. The fourth-order valence-corrected chi connectivity index (χ4v) is 3.83. The molecule has 1 aliphatic rings. The number of carbonyl (C=O) groups is 3. The topological polar surface area (TPSA) is 92.2 Å². The van der Waals surface area contributed by atoms with Crippen molar-refractivity contribution in [2.24, 2.45) is 0 Å². The van der Waals surface area contributed by atoms with Crippen LogP contribution in [0.25, 0.3) is 10.9 Å². The fraction of sp³-hybridized carbons (Fsp3) is 0.150. The number of hydrogen-bond donors (Lipinski definition) is 3. The third-order valence-corrected chi connectivity index (χ3v) is 5.38. The lowest BCUT2D eigenvalue weighted by Crippen LogP contribution is -2.40. The highest BCUT2D eigenvalue weighted by Gasteiger charge is 2.27. The van der Waals surface area contributed by atoms with Gasteiger partial charge in [0.15, 0.2) is 0 Å². The molecule has 0 bridgehead atoms. The van der Waals surface area contributed by atoms with E-state index in [4.69, 9.17) is 23.2 Å². The van der Waals surface area contributed by atoms with Gasteiger partial charge in [-0.25, -0.2) is 4.68 Å². The van der Waals surface area contributed by atoms with Crippen LogP contribution < -0.4 is 16.1 Å². The van der Waals surface area contributed by atoms with Crippen LogP contribution in [0.15, 0.2) is 46.9 Å². The summed E-state index contributed by atoms with van der Waals surface area (Å²) in [6.07, 6.45) is 1.71. The van der Waals surface area contributed by atoms with E-state index >= 15 is 0 Å². The van der Waals surface area contributed by atoms with Crippen LogP contribution in [-0.2, 0) is 9.59 Å². The Kier molecular flexibility index (Phi) is 5.73. The zero-order valence-corrected chi connectivity index (χ0v) is 18.4. The third kappa shape index (κ3) is 4.61. The van der Waals surface area contributed by atoms with E-state index in [0.29, 0.717) is 26.6 Å². The first-order valence-corrected chi connectivity index (χ1v) is 10.6. The summed E-state index contributed by atoms with van der Waals surface area (Å²) in [5.41, 5.74) is 3.60. The molecular weight excluding hydrogens is 495 g/mol. The van der Waals surface area contributed by atoms with Gasteiger partial charge in [-0.2, -0.15) is 0 Å². The predicted molar refractivity (Wildman–Crippen MR) is 120 cm³/mol. The molecule has 0 radical (unpaired) electrons. The van der Waals surface area contributed by atoms with Crippen LogP contribution in [0.5, 0.6) is 0 Å². The second-order valence-electron chi connectivity index (χ2n) is 6.87. The number of fused-ring (bicyclic) bond motifs is 1. The normalized spacial score (nSPS) is 13.2. The molecule has 1 saturated carbocycles. The van der Waals surface area contributed by atoms with Gasteiger partial charge >= 0.3 is 11.8 Å². The molecule has 7 nitrogen and oxygen atoms in total. The monoisotopic (exact) mass is 508 g/mol. The zero-order chi connectivity index (χ0) is 21.4. The van der Waals surface area contributed by atoms with Crippen LogP contribution in [0, 0.1) is 0 Å². The highest BCUT2D eigenvalue weighted by molar-refractivity contribution is 9.10. The molecule has 10 heteroatoms. The molecule has 0 spiro atoms. The van der Waals surface area contributed by atoms with Gasteiger partial charge in [-0.1, -0.05) is 39.1 Å². The Balaban J connectivity index is 1.67. The molecule has 0 atom stereocenters. The van der Waals surface area contributed by atoms with Crippen molar-refractivity contribution in [2.45, 2.75) is 18.9 Å². The SMILES string of the molecule is O=C(NC1CC1)C(=O)Nn1c(C(=O)Nc2cc(Cl)cc(Cl)c2)cc2cc(Br)ccc21. The molecule has 154 valence electrons. The summed E-state index contributed by atoms with van der Waals surface area (Å²) < 4.78 is 2.09. The minimum absolute atomic E-state index is 0.0379. The summed E-state index contributed by atoms with van der Waals surface area (Å²) in [7, 11) is 0. The van der Waals surface area contributed by atoms with Gasteiger partial charge in [-0.05, 0) is 55.3 Å². The highest BCUT2D eigenvalue weighted by atomic mass is 79.9. The summed E-state index contributed by atoms with van der Waals surface area (Å²) in [5, 5.41) is 6.76. The Morgan fingerprint density at radius 3 is 2.33 bits per heavy atom. The fourth-order valence-electron chi connectivity index (χ4n) is 2.93. The minimum Gasteiger partial charge on any atom is -0.345 e. The van der Waals surface area contributed by atoms with E-state index < -0.39 is 17.7 Å². The number of aromatic nitrogens is 1. The van der Waals surface area contributed by atoms with Gasteiger partial charge < -0.3 is 10.6 Å². The predicted octanol–water partition coefficient (Wildman–Crippen LogP) is 4.31. The van der Waals surface area contributed by atoms with Crippen LogP contribution in [0.2, 0.25) is 10.0 Å². The first-order chi connectivity index (χ1) is 14.3. The third-order valence-electron chi connectivity index (χ3n) is 4.45. The summed E-state index contributed by atoms with van der Waals surface area (Å²) in [6.45, 7) is 0. The number of amides is 3. The number of anilines is 1. The number of hydrogen-bond acceptors (Lipinski definition) is 3. The maximum absolute atomic E-state index is 13.0. The van der Waals surface area contributed by atoms with Crippen molar-refractivity contribution in [2.75, 3.05) is 10.7 Å². The standard InChI is InChI=1S/C20H15BrCl2N4O3/c21-11-1-4-16-10(5-11)6-17(18(28)25-15-8-12(22)7-13(23)9-15)27(16)26-20(30)19(29)24-14-2-3-14/h1,4-9,14H,2-3H2,(H,24,29)(H,25,28)(H,26,30). The van der Waals surface area contributed by atoms with E-state index in [1.165, 1.54) is 4.68 Å². The summed E-state index contributed by atoms with van der Waals surface area (Å²) >= 11 is 15.4. The van der Waals surface area contributed by atoms with Crippen molar-refractivity contribution in [1.82, 2.24) is 9.99 Å². The van der Waals surface area contributed by atoms with Crippen LogP contribution in [0.1, 0.15) is 23.3 Å². The second kappa shape index (κ2) is 8.29. The number of benzene rings is 2. The van der Waals surface area contributed by atoms with Crippen LogP contribution >= 0.6 is 39.1 Å². The number of nitrogens with zero attached hydrogens (tertiary/aromatic N) is 1. The van der Waals surface area contributed by atoms with E-state index in [2.05, 4.69) is 32.0 Å². The average Bonchev–Trinajstić information content (AvgIpc) is 3.41. The van der Waals surface area contributed by atoms with E-state index in [0.717, 1.165) is 17.3 Å².